The fraction of sp³-hybridized carbons (Fsp3) is 0.278. The van der Waals surface area contributed by atoms with Gasteiger partial charge in [-0.3, -0.25) is 5.41 Å². The van der Waals surface area contributed by atoms with E-state index in [1.54, 1.807) is 0 Å². The van der Waals surface area contributed by atoms with Crippen LogP contribution in [0.5, 0.6) is 0 Å². The van der Waals surface area contributed by atoms with Gasteiger partial charge < -0.3 is 4.90 Å². The molecule has 0 saturated carbocycles. The Kier molecular flexibility index (Phi) is 3.09. The molecule has 1 saturated heterocycles. The van der Waals surface area contributed by atoms with E-state index in [9.17, 15) is 0 Å². The molecule has 0 radical (unpaired) electrons. The molecule has 2 aromatic rings. The number of hydrogen-bond acceptors (Lipinski definition) is 1. The summed E-state index contributed by atoms with van der Waals surface area (Å²) in [6, 6.07) is 21.3. The van der Waals surface area contributed by atoms with Crippen molar-refractivity contribution in [2.75, 3.05) is 7.05 Å². The van der Waals surface area contributed by atoms with Crippen molar-refractivity contribution in [3.05, 3.63) is 71.8 Å². The Bertz CT molecular complexity index is 564. The summed E-state index contributed by atoms with van der Waals surface area (Å²) in [6.45, 7) is 2.20. The lowest BCUT2D eigenvalue weighted by Crippen LogP contribution is -2.37. The van der Waals surface area contributed by atoms with Crippen molar-refractivity contribution in [1.29, 1.82) is 5.41 Å². The van der Waals surface area contributed by atoms with Crippen LogP contribution in [-0.2, 0) is 5.41 Å². The minimum Gasteiger partial charge on any atom is -0.360 e. The van der Waals surface area contributed by atoms with Crippen LogP contribution in [0, 0.1) is 5.41 Å². The van der Waals surface area contributed by atoms with Gasteiger partial charge in [0.25, 0.3) is 0 Å². The maximum Gasteiger partial charge on any atom is 0.111 e. The monoisotopic (exact) mass is 264 g/mol. The molecule has 0 spiro atoms. The molecule has 1 heterocycles. The molecule has 2 aromatic carbocycles. The van der Waals surface area contributed by atoms with Crippen LogP contribution in [0.15, 0.2) is 60.7 Å². The summed E-state index contributed by atoms with van der Waals surface area (Å²) in [7, 11) is 2.03. The predicted octanol–water partition coefficient (Wildman–Crippen LogP) is 3.67. The van der Waals surface area contributed by atoms with Gasteiger partial charge in [-0.05, 0) is 24.5 Å². The van der Waals surface area contributed by atoms with Gasteiger partial charge in [0, 0.05) is 13.1 Å². The summed E-state index contributed by atoms with van der Waals surface area (Å²) in [5.41, 5.74) is 2.12. The Morgan fingerprint density at radius 2 is 1.40 bits per heavy atom. The van der Waals surface area contributed by atoms with Gasteiger partial charge in [0.15, 0.2) is 0 Å². The third-order valence-corrected chi connectivity index (χ3v) is 4.55. The van der Waals surface area contributed by atoms with Gasteiger partial charge in [0.2, 0.25) is 0 Å². The lowest BCUT2D eigenvalue weighted by atomic mass is 9.72. The van der Waals surface area contributed by atoms with E-state index in [1.807, 2.05) is 19.2 Å². The lowest BCUT2D eigenvalue weighted by Gasteiger charge is -2.30. The average molecular weight is 264 g/mol. The van der Waals surface area contributed by atoms with Crippen molar-refractivity contribution < 1.29 is 0 Å². The number of likely N-dealkylation sites (tertiary alicyclic amines) is 1. The summed E-state index contributed by atoms with van der Waals surface area (Å²) in [5, 5.41) is 8.69. The molecule has 0 aliphatic carbocycles. The van der Waals surface area contributed by atoms with Crippen LogP contribution in [0.2, 0.25) is 0 Å². The summed E-state index contributed by atoms with van der Waals surface area (Å²) in [6.07, 6.45) is 0.955. The van der Waals surface area contributed by atoms with Crippen molar-refractivity contribution in [1.82, 2.24) is 4.90 Å². The van der Waals surface area contributed by atoms with Crippen LogP contribution in [0.4, 0.5) is 0 Å². The molecular weight excluding hydrogens is 244 g/mol. The first kappa shape index (κ1) is 12.9. The van der Waals surface area contributed by atoms with E-state index in [-0.39, 0.29) is 5.41 Å². The van der Waals surface area contributed by atoms with Crippen LogP contribution < -0.4 is 0 Å². The summed E-state index contributed by atoms with van der Waals surface area (Å²) in [4.78, 5) is 2.10. The van der Waals surface area contributed by atoms with Gasteiger partial charge in [-0.25, -0.2) is 0 Å². The zero-order valence-corrected chi connectivity index (χ0v) is 12.0. The van der Waals surface area contributed by atoms with E-state index >= 15 is 0 Å². The smallest absolute Gasteiger partial charge is 0.111 e. The van der Waals surface area contributed by atoms with Crippen LogP contribution in [-0.4, -0.2) is 23.8 Å². The molecule has 3 rings (SSSR count). The summed E-state index contributed by atoms with van der Waals surface area (Å²) >= 11 is 0. The number of amidine groups is 1. The first-order valence-corrected chi connectivity index (χ1v) is 7.09. The third-order valence-electron chi connectivity index (χ3n) is 4.55. The van der Waals surface area contributed by atoms with Crippen LogP contribution in [0.3, 0.4) is 0 Å². The topological polar surface area (TPSA) is 27.1 Å². The quantitative estimate of drug-likeness (QED) is 0.880. The molecule has 0 bridgehead atoms. The van der Waals surface area contributed by atoms with Crippen LogP contribution in [0.25, 0.3) is 0 Å². The van der Waals surface area contributed by atoms with Crippen LogP contribution in [0.1, 0.15) is 24.5 Å². The molecular formula is C18H20N2. The Hall–Kier alpha value is -2.09. The van der Waals surface area contributed by atoms with E-state index in [4.69, 9.17) is 5.41 Å². The first-order chi connectivity index (χ1) is 9.66. The van der Waals surface area contributed by atoms with Gasteiger partial charge in [0.1, 0.15) is 5.84 Å². The average Bonchev–Trinajstić information content (AvgIpc) is 2.74. The van der Waals surface area contributed by atoms with E-state index in [1.165, 1.54) is 11.1 Å². The first-order valence-electron chi connectivity index (χ1n) is 7.09. The van der Waals surface area contributed by atoms with Crippen molar-refractivity contribution in [3.63, 3.8) is 0 Å². The largest absolute Gasteiger partial charge is 0.360 e. The SMILES string of the molecule is CC1CC(c2ccccc2)(c2ccccc2)C(=N)N1C. The Morgan fingerprint density at radius 3 is 1.75 bits per heavy atom. The Labute approximate surface area is 120 Å². The zero-order valence-electron chi connectivity index (χ0n) is 12.0. The van der Waals surface area contributed by atoms with Gasteiger partial charge in [-0.15, -0.1) is 0 Å². The highest BCUT2D eigenvalue weighted by atomic mass is 15.2. The summed E-state index contributed by atoms with van der Waals surface area (Å²) in [5.74, 6) is 0.697. The van der Waals surface area contributed by atoms with E-state index in [2.05, 4.69) is 60.4 Å². The Morgan fingerprint density at radius 1 is 0.950 bits per heavy atom. The zero-order chi connectivity index (χ0) is 14.2. The molecule has 2 heteroatoms. The number of rotatable bonds is 2. The van der Waals surface area contributed by atoms with E-state index in [0.29, 0.717) is 11.9 Å². The second-order valence-corrected chi connectivity index (χ2v) is 5.65. The van der Waals surface area contributed by atoms with Crippen molar-refractivity contribution in [2.45, 2.75) is 24.8 Å². The molecule has 2 nitrogen and oxygen atoms in total. The molecule has 0 aromatic heterocycles. The number of likely N-dealkylation sites (N-methyl/N-ethyl adjacent to an activating group) is 1. The second kappa shape index (κ2) is 4.78. The van der Waals surface area contributed by atoms with Gasteiger partial charge in [-0.1, -0.05) is 60.7 Å². The van der Waals surface area contributed by atoms with Gasteiger partial charge >= 0.3 is 0 Å². The van der Waals surface area contributed by atoms with Crippen LogP contribution >= 0.6 is 0 Å². The number of benzene rings is 2. The highest BCUT2D eigenvalue weighted by Crippen LogP contribution is 2.44. The number of hydrogen-bond donors (Lipinski definition) is 1. The van der Waals surface area contributed by atoms with Crippen molar-refractivity contribution in [3.8, 4) is 0 Å². The van der Waals surface area contributed by atoms with E-state index in [0.717, 1.165) is 6.42 Å². The molecule has 1 fully saturated rings. The molecule has 1 aliphatic rings. The fourth-order valence-corrected chi connectivity index (χ4v) is 3.32. The van der Waals surface area contributed by atoms with Gasteiger partial charge in [-0.2, -0.15) is 0 Å². The molecule has 1 atom stereocenters. The molecule has 1 unspecified atom stereocenters. The van der Waals surface area contributed by atoms with E-state index < -0.39 is 0 Å². The lowest BCUT2D eigenvalue weighted by molar-refractivity contribution is 0.415. The molecule has 1 N–H and O–H groups in total. The third kappa shape index (κ3) is 1.75. The minimum absolute atomic E-state index is 0.309. The maximum atomic E-state index is 8.69. The second-order valence-electron chi connectivity index (χ2n) is 5.65. The molecule has 20 heavy (non-hydrogen) atoms. The highest BCUT2D eigenvalue weighted by Gasteiger charge is 2.48. The van der Waals surface area contributed by atoms with Crippen molar-refractivity contribution in [2.24, 2.45) is 0 Å². The molecule has 102 valence electrons. The summed E-state index contributed by atoms with van der Waals surface area (Å²) < 4.78 is 0. The minimum atomic E-state index is -0.309. The predicted molar refractivity (Wildman–Crippen MR) is 83.2 cm³/mol. The molecule has 1 aliphatic heterocycles. The fourth-order valence-electron chi connectivity index (χ4n) is 3.32. The van der Waals surface area contributed by atoms with Crippen molar-refractivity contribution >= 4 is 5.84 Å². The number of nitrogens with zero attached hydrogens (tertiary/aromatic N) is 1. The normalized spacial score (nSPS) is 21.2. The highest BCUT2D eigenvalue weighted by molar-refractivity contribution is 5.96. The maximum absolute atomic E-state index is 8.69. The van der Waals surface area contributed by atoms with Gasteiger partial charge in [0.05, 0.1) is 5.41 Å². The number of nitrogens with one attached hydrogen (secondary N) is 1. The Balaban J connectivity index is 2.22. The standard InChI is InChI=1S/C18H20N2/c1-14-13-18(17(19)20(14)2,15-9-5-3-6-10-15)16-11-7-4-8-12-16/h3-12,14,19H,13H2,1-2H3. The molecule has 0 amide bonds.